The van der Waals surface area contributed by atoms with E-state index in [1.54, 1.807) is 55.5 Å². The molecular weight excluding hydrogens is 462 g/mol. The molecular formula is C27H31N3O4S. The number of hydrogen-bond acceptors (Lipinski definition) is 4. The Labute approximate surface area is 207 Å². The van der Waals surface area contributed by atoms with Gasteiger partial charge < -0.3 is 10.6 Å². The van der Waals surface area contributed by atoms with E-state index >= 15 is 0 Å². The van der Waals surface area contributed by atoms with Crippen molar-refractivity contribution in [3.05, 3.63) is 82.9 Å². The first-order valence-corrected chi connectivity index (χ1v) is 12.7. The minimum Gasteiger partial charge on any atom is -0.326 e. The summed E-state index contributed by atoms with van der Waals surface area (Å²) in [7, 11) is -3.86. The first-order valence-electron chi connectivity index (χ1n) is 11.2. The third kappa shape index (κ3) is 6.48. The van der Waals surface area contributed by atoms with Gasteiger partial charge in [0.15, 0.2) is 0 Å². The maximum absolute atomic E-state index is 13.2. The van der Waals surface area contributed by atoms with Gasteiger partial charge in [0, 0.05) is 29.5 Å². The van der Waals surface area contributed by atoms with Gasteiger partial charge in [-0.25, -0.2) is 8.42 Å². The van der Waals surface area contributed by atoms with Crippen LogP contribution in [-0.2, 0) is 20.2 Å². The lowest BCUT2D eigenvalue weighted by atomic mass is 9.87. The summed E-state index contributed by atoms with van der Waals surface area (Å²) in [6, 6.07) is 16.9. The molecule has 0 aliphatic heterocycles. The van der Waals surface area contributed by atoms with Gasteiger partial charge in [-0.2, -0.15) is 0 Å². The molecule has 0 heterocycles. The highest BCUT2D eigenvalue weighted by Gasteiger charge is 2.22. The van der Waals surface area contributed by atoms with Crippen molar-refractivity contribution in [2.45, 2.75) is 51.9 Å². The van der Waals surface area contributed by atoms with Crippen LogP contribution in [0.3, 0.4) is 0 Å². The zero-order valence-corrected chi connectivity index (χ0v) is 21.6. The summed E-state index contributed by atoms with van der Waals surface area (Å²) in [5.74, 6) is -0.562. The zero-order chi connectivity index (χ0) is 26.0. The molecule has 0 spiro atoms. The molecule has 3 aromatic rings. The van der Waals surface area contributed by atoms with Crippen molar-refractivity contribution in [2.75, 3.05) is 15.4 Å². The summed E-state index contributed by atoms with van der Waals surface area (Å²) >= 11 is 0. The molecule has 3 N–H and O–H groups in total. The van der Waals surface area contributed by atoms with E-state index in [2.05, 4.69) is 15.4 Å². The molecule has 0 aliphatic rings. The van der Waals surface area contributed by atoms with Gasteiger partial charge in [0.25, 0.3) is 15.9 Å². The Balaban J connectivity index is 1.81. The van der Waals surface area contributed by atoms with Crippen molar-refractivity contribution in [1.82, 2.24) is 0 Å². The van der Waals surface area contributed by atoms with Gasteiger partial charge in [0.1, 0.15) is 0 Å². The van der Waals surface area contributed by atoms with Gasteiger partial charge in [0.05, 0.1) is 4.90 Å². The normalized spacial score (nSPS) is 11.6. The molecule has 7 nitrogen and oxygen atoms in total. The Bertz CT molecular complexity index is 1390. The number of anilines is 3. The van der Waals surface area contributed by atoms with Crippen molar-refractivity contribution < 1.29 is 18.0 Å². The smallest absolute Gasteiger partial charge is 0.262 e. The van der Waals surface area contributed by atoms with E-state index < -0.39 is 10.0 Å². The van der Waals surface area contributed by atoms with E-state index in [4.69, 9.17) is 0 Å². The van der Waals surface area contributed by atoms with Crippen molar-refractivity contribution in [1.29, 1.82) is 0 Å². The number of benzene rings is 3. The first kappa shape index (κ1) is 26.0. The maximum atomic E-state index is 13.2. The standard InChI is InChI=1S/C27H31N3O4S/c1-17-10-11-21(27(4,5)6)16-25(17)35(33,34)30-23-9-7-8-20(15-23)26(32)29-22-12-13-24(18(2)14-22)28-19(3)31/h7-16,30H,1-6H3,(H,28,31)(H,29,32). The van der Waals surface area contributed by atoms with Crippen molar-refractivity contribution in [2.24, 2.45) is 0 Å². The van der Waals surface area contributed by atoms with E-state index in [1.165, 1.54) is 13.0 Å². The average Bonchev–Trinajstić information content (AvgIpc) is 2.74. The molecule has 8 heteroatoms. The van der Waals surface area contributed by atoms with Crippen molar-refractivity contribution in [3.8, 4) is 0 Å². The number of sulfonamides is 1. The fourth-order valence-corrected chi connectivity index (χ4v) is 4.89. The molecule has 0 saturated carbocycles. The van der Waals surface area contributed by atoms with Crippen molar-refractivity contribution >= 4 is 38.9 Å². The third-order valence-electron chi connectivity index (χ3n) is 5.52. The number of carbonyl (C=O) groups excluding carboxylic acids is 2. The second-order valence-electron chi connectivity index (χ2n) is 9.58. The molecule has 0 aromatic heterocycles. The van der Waals surface area contributed by atoms with Crippen LogP contribution in [0.5, 0.6) is 0 Å². The molecule has 0 bridgehead atoms. The van der Waals surface area contributed by atoms with Gasteiger partial charge in [0.2, 0.25) is 5.91 Å². The molecule has 3 aromatic carbocycles. The molecule has 0 radical (unpaired) electrons. The molecule has 35 heavy (non-hydrogen) atoms. The van der Waals surface area contributed by atoms with Crippen LogP contribution in [0.15, 0.2) is 65.6 Å². The Kier molecular flexibility index (Phi) is 7.36. The molecule has 0 fully saturated rings. The lowest BCUT2D eigenvalue weighted by Gasteiger charge is -2.21. The predicted molar refractivity (Wildman–Crippen MR) is 141 cm³/mol. The van der Waals surface area contributed by atoms with Crippen LogP contribution in [0.4, 0.5) is 17.1 Å². The van der Waals surface area contributed by atoms with E-state index in [0.29, 0.717) is 22.5 Å². The molecule has 0 aliphatic carbocycles. The first-order chi connectivity index (χ1) is 16.3. The molecule has 3 rings (SSSR count). The van der Waals surface area contributed by atoms with Crippen LogP contribution in [0.1, 0.15) is 54.7 Å². The number of nitrogens with one attached hydrogen (secondary N) is 3. The van der Waals surface area contributed by atoms with Crippen LogP contribution >= 0.6 is 0 Å². The fourth-order valence-electron chi connectivity index (χ4n) is 3.56. The molecule has 0 saturated heterocycles. The summed E-state index contributed by atoms with van der Waals surface area (Å²) < 4.78 is 29.0. The third-order valence-corrected chi connectivity index (χ3v) is 7.04. The summed E-state index contributed by atoms with van der Waals surface area (Å²) in [4.78, 5) is 24.3. The van der Waals surface area contributed by atoms with E-state index in [1.807, 2.05) is 33.8 Å². The maximum Gasteiger partial charge on any atom is 0.262 e. The van der Waals surface area contributed by atoms with Crippen LogP contribution in [-0.4, -0.2) is 20.2 Å². The lowest BCUT2D eigenvalue weighted by Crippen LogP contribution is -2.18. The number of carbonyl (C=O) groups is 2. The highest BCUT2D eigenvalue weighted by Crippen LogP contribution is 2.28. The van der Waals surface area contributed by atoms with Gasteiger partial charge >= 0.3 is 0 Å². The minimum atomic E-state index is -3.86. The highest BCUT2D eigenvalue weighted by molar-refractivity contribution is 7.92. The Morgan fingerprint density at radius 1 is 0.800 bits per heavy atom. The number of rotatable bonds is 6. The van der Waals surface area contributed by atoms with E-state index in [0.717, 1.165) is 11.1 Å². The van der Waals surface area contributed by atoms with Crippen molar-refractivity contribution in [3.63, 3.8) is 0 Å². The second kappa shape index (κ2) is 9.92. The van der Waals surface area contributed by atoms with Crippen LogP contribution in [0.25, 0.3) is 0 Å². The largest absolute Gasteiger partial charge is 0.326 e. The number of aryl methyl sites for hydroxylation is 2. The predicted octanol–water partition coefficient (Wildman–Crippen LogP) is 5.61. The molecule has 0 atom stereocenters. The molecule has 184 valence electrons. The minimum absolute atomic E-state index is 0.176. The van der Waals surface area contributed by atoms with E-state index in [9.17, 15) is 18.0 Å². The fraction of sp³-hybridized carbons (Fsp3) is 0.259. The average molecular weight is 494 g/mol. The van der Waals surface area contributed by atoms with Crippen LogP contribution < -0.4 is 15.4 Å². The highest BCUT2D eigenvalue weighted by atomic mass is 32.2. The topological polar surface area (TPSA) is 104 Å². The Morgan fingerprint density at radius 3 is 2.14 bits per heavy atom. The van der Waals surface area contributed by atoms with Gasteiger partial charge in [-0.3, -0.25) is 14.3 Å². The van der Waals surface area contributed by atoms with Crippen LogP contribution in [0, 0.1) is 13.8 Å². The zero-order valence-electron chi connectivity index (χ0n) is 20.8. The van der Waals surface area contributed by atoms with Crippen LogP contribution in [0.2, 0.25) is 0 Å². The summed E-state index contributed by atoms with van der Waals surface area (Å²) in [5.41, 5.74) is 3.96. The number of hydrogen-bond donors (Lipinski definition) is 3. The Morgan fingerprint density at radius 2 is 1.51 bits per heavy atom. The summed E-state index contributed by atoms with van der Waals surface area (Å²) in [6.07, 6.45) is 0. The molecule has 2 amide bonds. The summed E-state index contributed by atoms with van der Waals surface area (Å²) in [5, 5.41) is 5.53. The lowest BCUT2D eigenvalue weighted by molar-refractivity contribution is -0.114. The van der Waals surface area contributed by atoms with Gasteiger partial charge in [-0.05, 0) is 78.4 Å². The number of amides is 2. The quantitative estimate of drug-likeness (QED) is 0.415. The Hall–Kier alpha value is -3.65. The second-order valence-corrected chi connectivity index (χ2v) is 11.2. The van der Waals surface area contributed by atoms with Gasteiger partial charge in [-0.1, -0.05) is 39.0 Å². The summed E-state index contributed by atoms with van der Waals surface area (Å²) in [6.45, 7) is 11.1. The SMILES string of the molecule is CC(=O)Nc1ccc(NC(=O)c2cccc(NS(=O)(=O)c3cc(C(C)(C)C)ccc3C)c2)cc1C. The monoisotopic (exact) mass is 493 g/mol. The van der Waals surface area contributed by atoms with Gasteiger partial charge in [-0.15, -0.1) is 0 Å². The van der Waals surface area contributed by atoms with E-state index in [-0.39, 0.29) is 27.8 Å². The molecule has 0 unspecified atom stereocenters.